The number of amides is 1. The maximum Gasteiger partial charge on any atom is 0.508 e. The third kappa shape index (κ3) is 8.51. The normalized spacial score (nSPS) is 32.5. The van der Waals surface area contributed by atoms with Crippen LogP contribution in [0.3, 0.4) is 0 Å². The Kier molecular flexibility index (Phi) is 16.0. The second-order valence-electron chi connectivity index (χ2n) is 15.5. The van der Waals surface area contributed by atoms with Crippen LogP contribution in [0.5, 0.6) is 0 Å². The van der Waals surface area contributed by atoms with E-state index in [0.717, 1.165) is 7.11 Å². The molecular weight excluding hydrogens is 1170 g/mol. The molecule has 298 valence electrons. The molecule has 1 heterocycles. The Balaban J connectivity index is 0.00000348. The molecule has 4 N–H and O–H groups in total. The number of esters is 1. The molecule has 2 radical (unpaired) electrons. The number of fused-ring (bicyclic) bond motifs is 5. The number of ether oxygens (including phenoxy) is 5. The van der Waals surface area contributed by atoms with Gasteiger partial charge in [0, 0.05) is 118 Å². The Bertz CT molecular complexity index is 1800. The molecule has 0 spiro atoms. The van der Waals surface area contributed by atoms with Crippen molar-refractivity contribution >= 4 is 35.6 Å². The van der Waals surface area contributed by atoms with Gasteiger partial charge in [-0.3, -0.25) is 9.59 Å². The summed E-state index contributed by atoms with van der Waals surface area (Å²) in [5.74, 6) is -2.85. The number of aliphatic hydroxyl groups is 3. The van der Waals surface area contributed by atoms with Crippen LogP contribution >= 0.6 is 11.8 Å². The molecule has 9 unspecified atom stereocenters. The molecule has 10 atom stereocenters. The van der Waals surface area contributed by atoms with Crippen molar-refractivity contribution in [2.24, 2.45) is 16.7 Å². The summed E-state index contributed by atoms with van der Waals surface area (Å²) in [7, 11) is 1.07. The Morgan fingerprint density at radius 3 is 2.20 bits per heavy atom. The standard InChI is InChI=1S/C40H49NO12S.2Ac/c1-22-25(52-35(45)32(53-36(46)49-5)30(23-13-9-7-10-14-23)41-34(44)24-15-11-8-12-16-24)18-39(47)19-26-38(4,33(43)31(42)29(22)37(39,2)3)27(51-21-54-6)17-28-40(26,48)20-50-28;;/h7-16,25-28,30-32,42,47-48H,17-21H2,1-6H3,(H,41,44);;/t25?,26?,27?,28?,30?,31?,32?,38-,39?,40?;;/m0../s1. The van der Waals surface area contributed by atoms with E-state index >= 15 is 0 Å². The summed E-state index contributed by atoms with van der Waals surface area (Å²) >= 11 is 1.43. The van der Waals surface area contributed by atoms with Gasteiger partial charge in [-0.2, -0.15) is 0 Å². The average Bonchev–Trinajstić information content (AvgIpc) is 3.15. The first-order chi connectivity index (χ1) is 25.5. The Morgan fingerprint density at radius 1 is 1.00 bits per heavy atom. The van der Waals surface area contributed by atoms with Gasteiger partial charge in [0.1, 0.15) is 23.9 Å². The Labute approximate surface area is 402 Å². The van der Waals surface area contributed by atoms with Crippen molar-refractivity contribution in [3.63, 3.8) is 0 Å². The number of carbonyl (C=O) groups is 4. The average molecular weight is 1220 g/mol. The third-order valence-electron chi connectivity index (χ3n) is 12.4. The molecule has 2 saturated carbocycles. The smallest absolute Gasteiger partial charge is 0.455 e. The van der Waals surface area contributed by atoms with Crippen molar-refractivity contribution < 1.29 is 146 Å². The molecular formula is C40H49Ac2NO12S. The second-order valence-corrected chi connectivity index (χ2v) is 16.3. The van der Waals surface area contributed by atoms with Gasteiger partial charge in [0.05, 0.1) is 42.9 Å². The van der Waals surface area contributed by atoms with E-state index in [0.29, 0.717) is 11.1 Å². The summed E-state index contributed by atoms with van der Waals surface area (Å²) in [6.45, 7) is 6.70. The second kappa shape index (κ2) is 18.8. The fourth-order valence-electron chi connectivity index (χ4n) is 9.10. The van der Waals surface area contributed by atoms with Gasteiger partial charge in [-0.05, 0) is 55.4 Å². The maximum atomic E-state index is 14.7. The van der Waals surface area contributed by atoms with Gasteiger partial charge in [-0.25, -0.2) is 9.59 Å². The molecule has 3 fully saturated rings. The summed E-state index contributed by atoms with van der Waals surface area (Å²) in [6.07, 6.45) is -5.56. The number of hydrogen-bond donors (Lipinski definition) is 4. The molecule has 1 aliphatic heterocycles. The molecule has 13 nitrogen and oxygen atoms in total. The zero-order valence-corrected chi connectivity index (χ0v) is 42.7. The zero-order valence-electron chi connectivity index (χ0n) is 32.4. The van der Waals surface area contributed by atoms with Crippen LogP contribution in [0, 0.1) is 105 Å². The Morgan fingerprint density at radius 2 is 1.62 bits per heavy atom. The van der Waals surface area contributed by atoms with Crippen LogP contribution in [-0.4, -0.2) is 107 Å². The fourth-order valence-corrected chi connectivity index (χ4v) is 9.40. The van der Waals surface area contributed by atoms with E-state index in [1.165, 1.54) is 11.8 Å². The quantitative estimate of drug-likeness (QED) is 0.153. The summed E-state index contributed by atoms with van der Waals surface area (Å²) < 4.78 is 28.4. The van der Waals surface area contributed by atoms with Crippen molar-refractivity contribution in [3.8, 4) is 0 Å². The molecule has 2 aromatic rings. The van der Waals surface area contributed by atoms with Crippen LogP contribution in [0.4, 0.5) is 4.79 Å². The van der Waals surface area contributed by atoms with Crippen molar-refractivity contribution in [1.82, 2.24) is 5.32 Å². The maximum absolute atomic E-state index is 14.7. The van der Waals surface area contributed by atoms with Crippen molar-refractivity contribution in [2.75, 3.05) is 25.9 Å². The van der Waals surface area contributed by atoms with Gasteiger partial charge in [-0.15, -0.1) is 11.8 Å². The summed E-state index contributed by atoms with van der Waals surface area (Å²) in [6, 6.07) is 15.5. The number of ketones is 1. The molecule has 4 aliphatic rings. The summed E-state index contributed by atoms with van der Waals surface area (Å²) in [5, 5.41) is 39.8. The molecule has 2 bridgehead atoms. The SMILES string of the molecule is COC(=O)OC(C(=O)OC1CC2(O)CC3C4(O)COC4CC(OCSC)[C@@]3(C)C(=O)C(O)C(=C1C)C2(C)C)C(NC(=O)c1ccccc1)c1ccccc1.[Ac].[Ac]. The van der Waals surface area contributed by atoms with E-state index in [4.69, 9.17) is 23.7 Å². The predicted molar refractivity (Wildman–Crippen MR) is 196 cm³/mol. The van der Waals surface area contributed by atoms with Crippen molar-refractivity contribution in [3.05, 3.63) is 82.9 Å². The van der Waals surface area contributed by atoms with Crippen molar-refractivity contribution in [2.45, 2.75) is 94.7 Å². The van der Waals surface area contributed by atoms with Gasteiger partial charge in [0.15, 0.2) is 5.78 Å². The first-order valence-electron chi connectivity index (χ1n) is 18.0. The van der Waals surface area contributed by atoms with Crippen LogP contribution in [0.15, 0.2) is 71.8 Å². The number of nitrogens with one attached hydrogen (secondary N) is 1. The van der Waals surface area contributed by atoms with Crippen LogP contribution in [0.25, 0.3) is 0 Å². The van der Waals surface area contributed by atoms with Gasteiger partial charge in [-0.1, -0.05) is 62.4 Å². The predicted octanol–water partition coefficient (Wildman–Crippen LogP) is 3.89. The van der Waals surface area contributed by atoms with E-state index in [1.807, 2.05) is 6.26 Å². The molecule has 1 saturated heterocycles. The number of carbonyl (C=O) groups excluding carboxylic acids is 4. The first-order valence-corrected chi connectivity index (χ1v) is 19.4. The number of aliphatic hydroxyl groups excluding tert-OH is 1. The molecule has 56 heavy (non-hydrogen) atoms. The third-order valence-corrected chi connectivity index (χ3v) is 12.8. The molecule has 6 rings (SSSR count). The minimum atomic E-state index is -1.78. The van der Waals surface area contributed by atoms with Crippen LogP contribution in [0.2, 0.25) is 0 Å². The summed E-state index contributed by atoms with van der Waals surface area (Å²) in [5.41, 5.74) is -4.67. The van der Waals surface area contributed by atoms with E-state index < -0.39 is 88.3 Å². The topological polar surface area (TPSA) is 187 Å². The molecule has 16 heteroatoms. The van der Waals surface area contributed by atoms with Crippen LogP contribution in [-0.2, 0) is 33.3 Å². The zero-order chi connectivity index (χ0) is 39.2. The number of benzene rings is 2. The van der Waals surface area contributed by atoms with Crippen LogP contribution < -0.4 is 5.32 Å². The van der Waals surface area contributed by atoms with Gasteiger partial charge in [0.2, 0.25) is 6.10 Å². The van der Waals surface area contributed by atoms with E-state index in [1.54, 1.807) is 88.4 Å². The van der Waals surface area contributed by atoms with Gasteiger partial charge >= 0.3 is 12.1 Å². The van der Waals surface area contributed by atoms with E-state index in [2.05, 4.69) is 5.32 Å². The first kappa shape index (κ1) is 47.8. The van der Waals surface area contributed by atoms with E-state index in [9.17, 15) is 34.5 Å². The van der Waals surface area contributed by atoms with E-state index in [-0.39, 0.29) is 131 Å². The summed E-state index contributed by atoms with van der Waals surface area (Å²) in [4.78, 5) is 55.2. The number of methoxy groups -OCH3 is 1. The molecule has 1 amide bonds. The molecule has 3 aliphatic carbocycles. The fraction of sp³-hybridized carbons (Fsp3) is 0.550. The minimum absolute atomic E-state index is 0. The largest absolute Gasteiger partial charge is 0.508 e. The minimum Gasteiger partial charge on any atom is -0.455 e. The molecule has 0 aromatic heterocycles. The number of Topliss-reactive ketones (excluding diaryl/α,β-unsaturated/α-hetero) is 1. The number of hydrogen-bond acceptors (Lipinski definition) is 13. The monoisotopic (exact) mass is 1220 g/mol. The molecule has 2 aromatic carbocycles. The van der Waals surface area contributed by atoms with Crippen molar-refractivity contribution in [1.29, 1.82) is 0 Å². The number of thioether (sulfide) groups is 1. The Hall–Kier alpha value is -0.907. The van der Waals surface area contributed by atoms with Gasteiger partial charge in [0.25, 0.3) is 5.91 Å². The van der Waals surface area contributed by atoms with Gasteiger partial charge < -0.3 is 44.3 Å². The van der Waals surface area contributed by atoms with Crippen LogP contribution in [0.1, 0.15) is 68.9 Å². The number of rotatable bonds is 10.